The highest BCUT2D eigenvalue weighted by Gasteiger charge is 2.23. The molecule has 1 aliphatic heterocycles. The number of aromatic amines is 1. The van der Waals surface area contributed by atoms with Gasteiger partial charge in [0, 0.05) is 36.8 Å². The number of aromatic nitrogens is 3. The lowest BCUT2D eigenvalue weighted by molar-refractivity contribution is 0.244. The van der Waals surface area contributed by atoms with Gasteiger partial charge in [-0.15, -0.1) is 11.3 Å². The minimum Gasteiger partial charge on any atom is -0.295 e. The lowest BCUT2D eigenvalue weighted by atomic mass is 10.1. The van der Waals surface area contributed by atoms with E-state index in [2.05, 4.69) is 15.0 Å². The van der Waals surface area contributed by atoms with E-state index in [0.717, 1.165) is 56.7 Å². The molecule has 4 aromatic rings. The molecule has 2 aromatic heterocycles. The van der Waals surface area contributed by atoms with Crippen molar-refractivity contribution < 1.29 is 0 Å². The maximum Gasteiger partial charge on any atom is 0.275 e. The molecule has 5 rings (SSSR count). The molecule has 0 amide bonds. The first-order chi connectivity index (χ1) is 13.6. The van der Waals surface area contributed by atoms with E-state index >= 15 is 0 Å². The molecule has 142 valence electrons. The van der Waals surface area contributed by atoms with Gasteiger partial charge in [-0.1, -0.05) is 23.7 Å². The Hall–Kier alpha value is -2.41. The summed E-state index contributed by atoms with van der Waals surface area (Å²) < 4.78 is 2.77. The second kappa shape index (κ2) is 6.88. The van der Waals surface area contributed by atoms with Crippen molar-refractivity contribution in [3.63, 3.8) is 0 Å². The third-order valence-electron chi connectivity index (χ3n) is 5.19. The first-order valence-corrected chi connectivity index (χ1v) is 10.4. The Morgan fingerprint density at radius 1 is 1.21 bits per heavy atom. The van der Waals surface area contributed by atoms with Gasteiger partial charge >= 0.3 is 0 Å². The van der Waals surface area contributed by atoms with Gasteiger partial charge in [0.25, 0.3) is 5.56 Å². The third-order valence-corrected chi connectivity index (χ3v) is 6.37. The van der Waals surface area contributed by atoms with Gasteiger partial charge in [-0.3, -0.25) is 14.8 Å². The topological polar surface area (TPSA) is 53.9 Å². The molecule has 0 bridgehead atoms. The number of halogens is 1. The fourth-order valence-electron chi connectivity index (χ4n) is 3.79. The summed E-state index contributed by atoms with van der Waals surface area (Å²) >= 11 is 7.62. The monoisotopic (exact) mass is 410 g/mol. The fourth-order valence-corrected chi connectivity index (χ4v) is 4.78. The van der Waals surface area contributed by atoms with Crippen LogP contribution in [0.5, 0.6) is 0 Å². The van der Waals surface area contributed by atoms with Crippen LogP contribution in [0, 0.1) is 6.92 Å². The van der Waals surface area contributed by atoms with E-state index in [1.54, 1.807) is 16.0 Å². The standard InChI is InChI=1S/C21H19ClN4OS/c1-13-23-19-7-6-16(10-20(19)28-13)26-21(27)17-12-25(9-8-18(17)24-26)11-14-2-4-15(22)5-3-14/h2-7,10,24H,8-9,11-12H2,1H3. The van der Waals surface area contributed by atoms with Gasteiger partial charge < -0.3 is 0 Å². The van der Waals surface area contributed by atoms with Gasteiger partial charge in [-0.2, -0.15) is 0 Å². The molecule has 0 saturated carbocycles. The highest BCUT2D eigenvalue weighted by atomic mass is 35.5. The molecule has 0 fully saturated rings. The summed E-state index contributed by atoms with van der Waals surface area (Å²) in [7, 11) is 0. The molecule has 1 N–H and O–H groups in total. The number of rotatable bonds is 3. The molecule has 28 heavy (non-hydrogen) atoms. The quantitative estimate of drug-likeness (QED) is 0.548. The Morgan fingerprint density at radius 3 is 2.86 bits per heavy atom. The zero-order valence-corrected chi connectivity index (χ0v) is 17.0. The Kier molecular flexibility index (Phi) is 4.34. The van der Waals surface area contributed by atoms with Crippen molar-refractivity contribution in [3.8, 4) is 5.69 Å². The van der Waals surface area contributed by atoms with Gasteiger partial charge in [0.1, 0.15) is 0 Å². The van der Waals surface area contributed by atoms with E-state index in [0.29, 0.717) is 6.54 Å². The van der Waals surface area contributed by atoms with Gasteiger partial charge in [-0.05, 0) is 42.8 Å². The SMILES string of the molecule is Cc1nc2ccc(-n3[nH]c4c(c3=O)CN(Cc3ccc(Cl)cc3)CC4)cc2s1. The molecule has 2 aromatic carbocycles. The maximum atomic E-state index is 13.1. The molecule has 7 heteroatoms. The summed E-state index contributed by atoms with van der Waals surface area (Å²) in [5, 5.41) is 5.10. The van der Waals surface area contributed by atoms with Crippen LogP contribution in [0.4, 0.5) is 0 Å². The van der Waals surface area contributed by atoms with Crippen LogP contribution >= 0.6 is 22.9 Å². The molecule has 5 nitrogen and oxygen atoms in total. The van der Waals surface area contributed by atoms with Crippen molar-refractivity contribution in [2.24, 2.45) is 0 Å². The summed E-state index contributed by atoms with van der Waals surface area (Å²) in [4.78, 5) is 19.9. The van der Waals surface area contributed by atoms with Gasteiger partial charge in [0.15, 0.2) is 0 Å². The second-order valence-corrected chi connectivity index (χ2v) is 8.85. The summed E-state index contributed by atoms with van der Waals surface area (Å²) in [6.45, 7) is 4.39. The first-order valence-electron chi connectivity index (χ1n) is 9.24. The molecule has 3 heterocycles. The van der Waals surface area contributed by atoms with Crippen LogP contribution in [0.2, 0.25) is 5.02 Å². The van der Waals surface area contributed by atoms with E-state index in [4.69, 9.17) is 11.6 Å². The number of H-pyrrole nitrogens is 1. The molecule has 1 aliphatic rings. The van der Waals surface area contributed by atoms with Crippen LogP contribution in [-0.2, 0) is 19.5 Å². The highest BCUT2D eigenvalue weighted by Crippen LogP contribution is 2.24. The van der Waals surface area contributed by atoms with Crippen molar-refractivity contribution in [2.75, 3.05) is 6.54 Å². The van der Waals surface area contributed by atoms with E-state index < -0.39 is 0 Å². The van der Waals surface area contributed by atoms with Crippen LogP contribution < -0.4 is 5.56 Å². The zero-order valence-electron chi connectivity index (χ0n) is 15.4. The number of nitrogens with zero attached hydrogens (tertiary/aromatic N) is 3. The van der Waals surface area contributed by atoms with Crippen molar-refractivity contribution >= 4 is 33.2 Å². The van der Waals surface area contributed by atoms with E-state index in [9.17, 15) is 4.79 Å². The van der Waals surface area contributed by atoms with Crippen LogP contribution in [0.3, 0.4) is 0 Å². The lowest BCUT2D eigenvalue weighted by Gasteiger charge is -2.25. The minimum absolute atomic E-state index is 0.0383. The minimum atomic E-state index is 0.0383. The summed E-state index contributed by atoms with van der Waals surface area (Å²) in [6, 6.07) is 13.9. The van der Waals surface area contributed by atoms with Gasteiger partial charge in [0.2, 0.25) is 0 Å². The number of benzene rings is 2. The first kappa shape index (κ1) is 17.7. The molecule has 0 spiro atoms. The largest absolute Gasteiger partial charge is 0.295 e. The highest BCUT2D eigenvalue weighted by molar-refractivity contribution is 7.18. The zero-order chi connectivity index (χ0) is 19.3. The number of nitrogens with one attached hydrogen (secondary N) is 1. The Balaban J connectivity index is 1.44. The average Bonchev–Trinajstić information content (AvgIpc) is 3.22. The van der Waals surface area contributed by atoms with E-state index in [1.165, 1.54) is 5.56 Å². The van der Waals surface area contributed by atoms with Crippen LogP contribution in [0.1, 0.15) is 21.8 Å². The number of hydrogen-bond donors (Lipinski definition) is 1. The number of thiazole rings is 1. The van der Waals surface area contributed by atoms with Crippen molar-refractivity contribution in [2.45, 2.75) is 26.4 Å². The van der Waals surface area contributed by atoms with Gasteiger partial charge in [-0.25, -0.2) is 9.67 Å². The number of fused-ring (bicyclic) bond motifs is 2. The third kappa shape index (κ3) is 3.17. The lowest BCUT2D eigenvalue weighted by Crippen LogP contribution is -2.32. The smallest absolute Gasteiger partial charge is 0.275 e. The molecular weight excluding hydrogens is 392 g/mol. The second-order valence-electron chi connectivity index (χ2n) is 7.18. The van der Waals surface area contributed by atoms with Crippen LogP contribution in [0.25, 0.3) is 15.9 Å². The van der Waals surface area contributed by atoms with Crippen molar-refractivity contribution in [1.29, 1.82) is 0 Å². The maximum absolute atomic E-state index is 13.1. The summed E-state index contributed by atoms with van der Waals surface area (Å²) in [5.74, 6) is 0. The van der Waals surface area contributed by atoms with Crippen LogP contribution in [-0.4, -0.2) is 26.2 Å². The predicted molar refractivity (Wildman–Crippen MR) is 114 cm³/mol. The van der Waals surface area contributed by atoms with Crippen molar-refractivity contribution in [3.05, 3.63) is 79.7 Å². The molecule has 0 unspecified atom stereocenters. The summed E-state index contributed by atoms with van der Waals surface area (Å²) in [5.41, 5.74) is 4.98. The Morgan fingerprint density at radius 2 is 2.04 bits per heavy atom. The fraction of sp³-hybridized carbons (Fsp3) is 0.238. The molecule has 0 radical (unpaired) electrons. The Bertz CT molecular complexity index is 1220. The van der Waals surface area contributed by atoms with Gasteiger partial charge in [0.05, 0.1) is 26.5 Å². The predicted octanol–water partition coefficient (Wildman–Crippen LogP) is 4.30. The molecule has 0 saturated heterocycles. The Labute approximate surface area is 171 Å². The van der Waals surface area contributed by atoms with Crippen molar-refractivity contribution in [1.82, 2.24) is 19.7 Å². The van der Waals surface area contributed by atoms with Crippen LogP contribution in [0.15, 0.2) is 47.3 Å². The molecular formula is C21H19ClN4OS. The molecule has 0 aliphatic carbocycles. The number of hydrogen-bond acceptors (Lipinski definition) is 4. The average molecular weight is 411 g/mol. The summed E-state index contributed by atoms with van der Waals surface area (Å²) in [6.07, 6.45) is 0.840. The van der Waals surface area contributed by atoms with E-state index in [-0.39, 0.29) is 5.56 Å². The van der Waals surface area contributed by atoms with E-state index in [1.807, 2.05) is 49.4 Å². The number of aryl methyl sites for hydroxylation is 1. The normalized spacial score (nSPS) is 14.5. The molecule has 0 atom stereocenters.